The summed E-state index contributed by atoms with van der Waals surface area (Å²) in [5.41, 5.74) is 0. The summed E-state index contributed by atoms with van der Waals surface area (Å²) >= 11 is 5.82. The van der Waals surface area contributed by atoms with Gasteiger partial charge in [0.25, 0.3) is 0 Å². The number of anilines is 1. The molecule has 0 unspecified atom stereocenters. The van der Waals surface area contributed by atoms with Crippen molar-refractivity contribution in [3.8, 4) is 0 Å². The number of halogens is 1. The van der Waals surface area contributed by atoms with Crippen molar-refractivity contribution in [3.63, 3.8) is 0 Å². The van der Waals surface area contributed by atoms with E-state index in [2.05, 4.69) is 36.8 Å². The molecule has 0 aromatic carbocycles. The molecule has 21 heavy (non-hydrogen) atoms. The molecule has 3 heterocycles. The summed E-state index contributed by atoms with van der Waals surface area (Å²) in [7, 11) is 2.10. The molecule has 0 saturated carbocycles. The van der Waals surface area contributed by atoms with Crippen molar-refractivity contribution in [1.82, 2.24) is 24.8 Å². The van der Waals surface area contributed by atoms with Crippen molar-refractivity contribution >= 4 is 17.5 Å². The molecule has 1 atom stereocenters. The van der Waals surface area contributed by atoms with Gasteiger partial charge in [-0.15, -0.1) is 0 Å². The second-order valence-electron chi connectivity index (χ2n) is 5.17. The molecule has 110 valence electrons. The standard InChI is InChI=1S/C14H17ClN6/c1-20(10-13-16-4-2-5-17-13)12-3-6-21(9-12)14-18-7-11(15)8-19-14/h2,4-5,7-8,12H,3,6,9-10H2,1H3/t12-/m0/s1. The van der Waals surface area contributed by atoms with Crippen LogP contribution in [0.25, 0.3) is 0 Å². The molecule has 1 fully saturated rings. The molecule has 2 aromatic rings. The quantitative estimate of drug-likeness (QED) is 0.856. The van der Waals surface area contributed by atoms with Crippen molar-refractivity contribution in [2.45, 2.75) is 19.0 Å². The van der Waals surface area contributed by atoms with Crippen LogP contribution in [0, 0.1) is 0 Å². The fourth-order valence-corrected chi connectivity index (χ4v) is 2.61. The van der Waals surface area contributed by atoms with Crippen LogP contribution >= 0.6 is 11.6 Å². The summed E-state index contributed by atoms with van der Waals surface area (Å²) in [6.45, 7) is 2.61. The van der Waals surface area contributed by atoms with E-state index in [-0.39, 0.29) is 0 Å². The Morgan fingerprint density at radius 3 is 2.67 bits per heavy atom. The zero-order chi connectivity index (χ0) is 14.7. The third-order valence-electron chi connectivity index (χ3n) is 3.69. The van der Waals surface area contributed by atoms with Gasteiger partial charge in [0, 0.05) is 31.5 Å². The Morgan fingerprint density at radius 1 is 1.24 bits per heavy atom. The molecule has 0 spiro atoms. The SMILES string of the molecule is CN(Cc1ncccn1)[C@H]1CCN(c2ncc(Cl)cn2)C1. The van der Waals surface area contributed by atoms with Crippen LogP contribution in [0.4, 0.5) is 5.95 Å². The topological polar surface area (TPSA) is 58.0 Å². The van der Waals surface area contributed by atoms with Crippen molar-refractivity contribution in [2.75, 3.05) is 25.0 Å². The normalized spacial score (nSPS) is 18.4. The minimum atomic E-state index is 0.452. The van der Waals surface area contributed by atoms with Gasteiger partial charge in [-0.1, -0.05) is 11.6 Å². The molecule has 0 radical (unpaired) electrons. The highest BCUT2D eigenvalue weighted by atomic mass is 35.5. The predicted octanol–water partition coefficient (Wildman–Crippen LogP) is 1.63. The van der Waals surface area contributed by atoms with E-state index in [0.717, 1.165) is 37.8 Å². The van der Waals surface area contributed by atoms with Gasteiger partial charge >= 0.3 is 0 Å². The number of rotatable bonds is 4. The summed E-state index contributed by atoms with van der Waals surface area (Å²) in [5.74, 6) is 1.59. The maximum atomic E-state index is 5.82. The molecule has 6 nitrogen and oxygen atoms in total. The van der Waals surface area contributed by atoms with Gasteiger partial charge in [-0.3, -0.25) is 4.90 Å². The Kier molecular flexibility index (Phi) is 4.26. The van der Waals surface area contributed by atoms with Crippen LogP contribution in [0.1, 0.15) is 12.2 Å². The first-order valence-corrected chi connectivity index (χ1v) is 7.29. The van der Waals surface area contributed by atoms with Crippen LogP contribution in [-0.4, -0.2) is 51.0 Å². The number of nitrogens with zero attached hydrogens (tertiary/aromatic N) is 6. The Balaban J connectivity index is 1.60. The van der Waals surface area contributed by atoms with E-state index in [1.165, 1.54) is 0 Å². The van der Waals surface area contributed by atoms with E-state index in [1.54, 1.807) is 24.8 Å². The molecule has 0 aliphatic carbocycles. The van der Waals surface area contributed by atoms with Crippen LogP contribution in [0.5, 0.6) is 0 Å². The van der Waals surface area contributed by atoms with E-state index in [1.807, 2.05) is 6.07 Å². The van der Waals surface area contributed by atoms with E-state index in [9.17, 15) is 0 Å². The zero-order valence-corrected chi connectivity index (χ0v) is 12.6. The Morgan fingerprint density at radius 2 is 1.95 bits per heavy atom. The average Bonchev–Trinajstić information content (AvgIpc) is 2.99. The lowest BCUT2D eigenvalue weighted by atomic mass is 10.2. The van der Waals surface area contributed by atoms with Crippen LogP contribution in [0.3, 0.4) is 0 Å². The van der Waals surface area contributed by atoms with Crippen LogP contribution < -0.4 is 4.90 Å². The number of aromatic nitrogens is 4. The van der Waals surface area contributed by atoms with E-state index >= 15 is 0 Å². The number of likely N-dealkylation sites (N-methyl/N-ethyl adjacent to an activating group) is 1. The summed E-state index contributed by atoms with van der Waals surface area (Å²) in [4.78, 5) is 21.6. The maximum Gasteiger partial charge on any atom is 0.225 e. The maximum absolute atomic E-state index is 5.82. The van der Waals surface area contributed by atoms with Gasteiger partial charge in [0.1, 0.15) is 5.82 Å². The second-order valence-corrected chi connectivity index (χ2v) is 5.61. The minimum Gasteiger partial charge on any atom is -0.339 e. The Bertz CT molecular complexity index is 576. The molecule has 1 aliphatic rings. The largest absolute Gasteiger partial charge is 0.339 e. The van der Waals surface area contributed by atoms with Crippen LogP contribution in [0.15, 0.2) is 30.9 Å². The minimum absolute atomic E-state index is 0.452. The van der Waals surface area contributed by atoms with Gasteiger partial charge in [-0.25, -0.2) is 19.9 Å². The molecule has 0 bridgehead atoms. The van der Waals surface area contributed by atoms with Gasteiger partial charge in [-0.2, -0.15) is 0 Å². The molecular weight excluding hydrogens is 288 g/mol. The van der Waals surface area contributed by atoms with Gasteiger partial charge in [0.05, 0.1) is 24.0 Å². The van der Waals surface area contributed by atoms with Gasteiger partial charge in [0.15, 0.2) is 0 Å². The summed E-state index contributed by atoms with van der Waals surface area (Å²) in [6, 6.07) is 2.28. The second kappa shape index (κ2) is 6.32. The van der Waals surface area contributed by atoms with E-state index in [4.69, 9.17) is 11.6 Å². The molecule has 0 amide bonds. The first-order valence-electron chi connectivity index (χ1n) is 6.91. The fraction of sp³-hybridized carbons (Fsp3) is 0.429. The smallest absolute Gasteiger partial charge is 0.225 e. The molecule has 7 heteroatoms. The summed E-state index contributed by atoms with van der Waals surface area (Å²) in [6.07, 6.45) is 7.91. The summed E-state index contributed by atoms with van der Waals surface area (Å²) in [5, 5.41) is 0.563. The molecule has 2 aromatic heterocycles. The van der Waals surface area contributed by atoms with Gasteiger partial charge in [0.2, 0.25) is 5.95 Å². The first kappa shape index (κ1) is 14.2. The highest BCUT2D eigenvalue weighted by Crippen LogP contribution is 2.20. The van der Waals surface area contributed by atoms with E-state index < -0.39 is 0 Å². The lowest BCUT2D eigenvalue weighted by Crippen LogP contribution is -2.35. The molecular formula is C14H17ClN6. The highest BCUT2D eigenvalue weighted by molar-refractivity contribution is 6.30. The van der Waals surface area contributed by atoms with Crippen LogP contribution in [0.2, 0.25) is 5.02 Å². The fourth-order valence-electron chi connectivity index (χ4n) is 2.52. The molecule has 1 saturated heterocycles. The lowest BCUT2D eigenvalue weighted by molar-refractivity contribution is 0.244. The Labute approximate surface area is 128 Å². The zero-order valence-electron chi connectivity index (χ0n) is 11.9. The summed E-state index contributed by atoms with van der Waals surface area (Å²) < 4.78 is 0. The average molecular weight is 305 g/mol. The molecule has 0 N–H and O–H groups in total. The van der Waals surface area contributed by atoms with Gasteiger partial charge in [-0.05, 0) is 19.5 Å². The molecule has 3 rings (SSSR count). The number of hydrogen-bond donors (Lipinski definition) is 0. The first-order chi connectivity index (χ1) is 10.2. The highest BCUT2D eigenvalue weighted by Gasteiger charge is 2.27. The van der Waals surface area contributed by atoms with Crippen molar-refractivity contribution in [3.05, 3.63) is 41.7 Å². The predicted molar refractivity (Wildman–Crippen MR) is 81.2 cm³/mol. The van der Waals surface area contributed by atoms with Crippen molar-refractivity contribution in [1.29, 1.82) is 0 Å². The molecule has 1 aliphatic heterocycles. The van der Waals surface area contributed by atoms with Crippen LogP contribution in [-0.2, 0) is 6.54 Å². The lowest BCUT2D eigenvalue weighted by Gasteiger charge is -2.23. The number of hydrogen-bond acceptors (Lipinski definition) is 6. The van der Waals surface area contributed by atoms with Crippen molar-refractivity contribution in [2.24, 2.45) is 0 Å². The third kappa shape index (κ3) is 3.46. The van der Waals surface area contributed by atoms with Crippen molar-refractivity contribution < 1.29 is 0 Å². The Hall–Kier alpha value is -1.79. The van der Waals surface area contributed by atoms with Gasteiger partial charge < -0.3 is 4.90 Å². The monoisotopic (exact) mass is 304 g/mol. The van der Waals surface area contributed by atoms with E-state index in [0.29, 0.717) is 11.1 Å². The third-order valence-corrected chi connectivity index (χ3v) is 3.88.